The van der Waals surface area contributed by atoms with Gasteiger partial charge in [-0.25, -0.2) is 4.79 Å². The Balaban J connectivity index is 1.78. The van der Waals surface area contributed by atoms with Gasteiger partial charge in [0.15, 0.2) is 6.61 Å². The second-order valence-corrected chi connectivity index (χ2v) is 8.23. The van der Waals surface area contributed by atoms with Crippen molar-refractivity contribution in [1.82, 2.24) is 0 Å². The quantitative estimate of drug-likeness (QED) is 0.645. The lowest BCUT2D eigenvalue weighted by molar-refractivity contribution is -0.166. The van der Waals surface area contributed by atoms with Gasteiger partial charge in [-0.3, -0.25) is 4.79 Å². The number of ether oxygens (including phenoxy) is 2. The third-order valence-corrected chi connectivity index (χ3v) is 5.39. The molecular weight excluding hydrogens is 384 g/mol. The first kappa shape index (κ1) is 20.0. The molecule has 1 aromatic rings. The topological polar surface area (TPSA) is 52.6 Å². The second-order valence-electron chi connectivity index (χ2n) is 7.32. The fourth-order valence-electron chi connectivity index (χ4n) is 3.41. The fraction of sp³-hybridized carbons (Fsp3) is 0.600. The van der Waals surface area contributed by atoms with E-state index < -0.39 is 11.9 Å². The zero-order valence-corrected chi connectivity index (χ0v) is 16.8. The lowest BCUT2D eigenvalue weighted by atomic mass is 9.75. The molecule has 0 unspecified atom stereocenters. The predicted octanol–water partition coefficient (Wildman–Crippen LogP) is 4.54. The van der Waals surface area contributed by atoms with Gasteiger partial charge in [-0.05, 0) is 48.3 Å². The molecule has 0 aromatic heterocycles. The largest absolute Gasteiger partial charge is 0.460 e. The highest BCUT2D eigenvalue weighted by molar-refractivity contribution is 9.10. The van der Waals surface area contributed by atoms with E-state index in [9.17, 15) is 9.59 Å². The summed E-state index contributed by atoms with van der Waals surface area (Å²) in [6, 6.07) is 7.43. The summed E-state index contributed by atoms with van der Waals surface area (Å²) in [7, 11) is 0. The standard InChI is InChI=1S/C20H27BrO4/c1-13(2)17-9-4-14(3)10-18(17)25-20(23)12-24-19(22)11-15-5-7-16(21)8-6-15/h5-8,13-14,17-18H,4,9-12H2,1-3H3/t14-,17-,18+/m0/s1. The third-order valence-electron chi connectivity index (χ3n) is 4.86. The third kappa shape index (κ3) is 6.46. The van der Waals surface area contributed by atoms with Crippen molar-refractivity contribution >= 4 is 27.9 Å². The van der Waals surface area contributed by atoms with Crippen LogP contribution in [0.5, 0.6) is 0 Å². The van der Waals surface area contributed by atoms with Crippen molar-refractivity contribution < 1.29 is 19.1 Å². The molecule has 0 N–H and O–H groups in total. The minimum Gasteiger partial charge on any atom is -0.460 e. The van der Waals surface area contributed by atoms with Crippen LogP contribution >= 0.6 is 15.9 Å². The molecule has 0 heterocycles. The zero-order valence-electron chi connectivity index (χ0n) is 15.2. The minimum absolute atomic E-state index is 0.0681. The number of carbonyl (C=O) groups is 2. The van der Waals surface area contributed by atoms with Crippen LogP contribution in [-0.2, 0) is 25.5 Å². The van der Waals surface area contributed by atoms with E-state index in [1.807, 2.05) is 24.3 Å². The Morgan fingerprint density at radius 2 is 1.84 bits per heavy atom. The molecule has 1 saturated carbocycles. The number of halogens is 1. The van der Waals surface area contributed by atoms with E-state index in [-0.39, 0.29) is 19.1 Å². The smallest absolute Gasteiger partial charge is 0.344 e. The van der Waals surface area contributed by atoms with Crippen molar-refractivity contribution in [2.75, 3.05) is 6.61 Å². The van der Waals surface area contributed by atoms with Gasteiger partial charge in [0, 0.05) is 4.47 Å². The highest BCUT2D eigenvalue weighted by Gasteiger charge is 2.33. The first-order valence-electron chi connectivity index (χ1n) is 8.94. The average molecular weight is 411 g/mol. The van der Waals surface area contributed by atoms with Crippen LogP contribution in [0.25, 0.3) is 0 Å². The van der Waals surface area contributed by atoms with Crippen LogP contribution in [0, 0.1) is 17.8 Å². The van der Waals surface area contributed by atoms with Gasteiger partial charge >= 0.3 is 11.9 Å². The van der Waals surface area contributed by atoms with Gasteiger partial charge in [0.05, 0.1) is 6.42 Å². The summed E-state index contributed by atoms with van der Waals surface area (Å²) < 4.78 is 11.7. The van der Waals surface area contributed by atoms with Crippen molar-refractivity contribution in [2.45, 2.75) is 52.6 Å². The van der Waals surface area contributed by atoms with Gasteiger partial charge in [0.1, 0.15) is 6.10 Å². The molecule has 0 radical (unpaired) electrons. The van der Waals surface area contributed by atoms with Crippen LogP contribution in [0.2, 0.25) is 0 Å². The maximum Gasteiger partial charge on any atom is 0.344 e. The Labute approximate surface area is 158 Å². The van der Waals surface area contributed by atoms with Gasteiger partial charge in [-0.1, -0.05) is 55.3 Å². The molecule has 0 aliphatic heterocycles. The molecule has 5 heteroatoms. The van der Waals surface area contributed by atoms with Crippen LogP contribution in [-0.4, -0.2) is 24.6 Å². The predicted molar refractivity (Wildman–Crippen MR) is 100 cm³/mol. The highest BCUT2D eigenvalue weighted by Crippen LogP contribution is 2.35. The molecule has 0 amide bonds. The van der Waals surface area contributed by atoms with E-state index in [0.29, 0.717) is 17.8 Å². The molecule has 25 heavy (non-hydrogen) atoms. The molecule has 3 atom stereocenters. The normalized spacial score (nSPS) is 23.3. The molecule has 0 bridgehead atoms. The van der Waals surface area contributed by atoms with E-state index in [4.69, 9.17) is 9.47 Å². The second kappa shape index (κ2) is 9.37. The van der Waals surface area contributed by atoms with Gasteiger partial charge in [0.2, 0.25) is 0 Å². The maximum absolute atomic E-state index is 12.1. The monoisotopic (exact) mass is 410 g/mol. The molecule has 138 valence electrons. The van der Waals surface area contributed by atoms with Crippen molar-refractivity contribution in [3.63, 3.8) is 0 Å². The molecule has 0 spiro atoms. The number of benzene rings is 1. The Bertz CT molecular complexity index is 582. The van der Waals surface area contributed by atoms with Crippen LogP contribution in [0.3, 0.4) is 0 Å². The first-order chi connectivity index (χ1) is 11.8. The van der Waals surface area contributed by atoms with Crippen LogP contribution in [0.4, 0.5) is 0 Å². The molecule has 1 aliphatic carbocycles. The average Bonchev–Trinajstić information content (AvgIpc) is 2.55. The molecule has 1 aromatic carbocycles. The van der Waals surface area contributed by atoms with E-state index in [0.717, 1.165) is 22.9 Å². The van der Waals surface area contributed by atoms with Crippen molar-refractivity contribution in [1.29, 1.82) is 0 Å². The van der Waals surface area contributed by atoms with Crippen LogP contribution in [0.1, 0.15) is 45.6 Å². The number of carbonyl (C=O) groups excluding carboxylic acids is 2. The summed E-state index contributed by atoms with van der Waals surface area (Å²) >= 11 is 3.35. The summed E-state index contributed by atoms with van der Waals surface area (Å²) in [5.41, 5.74) is 0.850. The van der Waals surface area contributed by atoms with Gasteiger partial charge in [-0.15, -0.1) is 0 Å². The summed E-state index contributed by atoms with van der Waals surface area (Å²) in [6.45, 7) is 6.21. The number of rotatable bonds is 6. The highest BCUT2D eigenvalue weighted by atomic mass is 79.9. The lowest BCUT2D eigenvalue weighted by Crippen LogP contribution is -2.36. The fourth-order valence-corrected chi connectivity index (χ4v) is 3.68. The maximum atomic E-state index is 12.1. The van der Waals surface area contributed by atoms with E-state index in [1.54, 1.807) is 0 Å². The summed E-state index contributed by atoms with van der Waals surface area (Å²) in [5, 5.41) is 0. The molecule has 0 saturated heterocycles. The first-order valence-corrected chi connectivity index (χ1v) is 9.74. The van der Waals surface area contributed by atoms with Crippen LogP contribution < -0.4 is 0 Å². The lowest BCUT2D eigenvalue weighted by Gasteiger charge is -2.36. The SMILES string of the molecule is CC(C)[C@@H]1CC[C@H](C)C[C@H]1OC(=O)COC(=O)Cc1ccc(Br)cc1. The Morgan fingerprint density at radius 1 is 1.16 bits per heavy atom. The van der Waals surface area contributed by atoms with Gasteiger partial charge in [0.25, 0.3) is 0 Å². The molecule has 2 rings (SSSR count). The Hall–Kier alpha value is -1.36. The zero-order chi connectivity index (χ0) is 18.4. The molecule has 1 aliphatic rings. The van der Waals surface area contributed by atoms with E-state index in [2.05, 4.69) is 36.7 Å². The summed E-state index contributed by atoms with van der Waals surface area (Å²) in [4.78, 5) is 24.0. The van der Waals surface area contributed by atoms with Crippen LogP contribution in [0.15, 0.2) is 28.7 Å². The Kier molecular flexibility index (Phi) is 7.48. The summed E-state index contributed by atoms with van der Waals surface area (Å²) in [5.74, 6) is 0.558. The Morgan fingerprint density at radius 3 is 2.48 bits per heavy atom. The summed E-state index contributed by atoms with van der Waals surface area (Å²) in [6.07, 6.45) is 3.23. The number of esters is 2. The van der Waals surface area contributed by atoms with E-state index in [1.165, 1.54) is 6.42 Å². The van der Waals surface area contributed by atoms with Gasteiger partial charge in [-0.2, -0.15) is 0 Å². The van der Waals surface area contributed by atoms with Gasteiger partial charge < -0.3 is 9.47 Å². The molecular formula is C20H27BrO4. The van der Waals surface area contributed by atoms with Crippen molar-refractivity contribution in [3.8, 4) is 0 Å². The van der Waals surface area contributed by atoms with Crippen molar-refractivity contribution in [3.05, 3.63) is 34.3 Å². The molecule has 4 nitrogen and oxygen atoms in total. The van der Waals surface area contributed by atoms with Crippen molar-refractivity contribution in [2.24, 2.45) is 17.8 Å². The van der Waals surface area contributed by atoms with E-state index >= 15 is 0 Å². The number of hydrogen-bond acceptors (Lipinski definition) is 4. The number of hydrogen-bond donors (Lipinski definition) is 0. The molecule has 1 fully saturated rings. The minimum atomic E-state index is -0.450.